The summed E-state index contributed by atoms with van der Waals surface area (Å²) in [5.74, 6) is 2.01. The Hall–Kier alpha value is -3.02. The van der Waals surface area contributed by atoms with Crippen LogP contribution >= 0.6 is 0 Å². The SMILES string of the molecule is CC(C)(C)C(=O)N1Cc2ccc3c(c2C1)OCO3.CC(C)(C)C(=O)N1Cc2ccccc2C1. The van der Waals surface area contributed by atoms with Crippen LogP contribution in [0.4, 0.5) is 0 Å². The molecule has 3 aliphatic rings. The first-order chi connectivity index (χ1) is 15.4. The van der Waals surface area contributed by atoms with Gasteiger partial charge in [-0.2, -0.15) is 0 Å². The van der Waals surface area contributed by atoms with Crippen molar-refractivity contribution in [1.29, 1.82) is 0 Å². The molecule has 0 atom stereocenters. The van der Waals surface area contributed by atoms with E-state index in [0.717, 1.165) is 35.7 Å². The van der Waals surface area contributed by atoms with Crippen LogP contribution in [0, 0.1) is 10.8 Å². The van der Waals surface area contributed by atoms with E-state index in [1.807, 2.05) is 75.6 Å². The summed E-state index contributed by atoms with van der Waals surface area (Å²) >= 11 is 0. The Morgan fingerprint density at radius 1 is 0.697 bits per heavy atom. The van der Waals surface area contributed by atoms with Crippen molar-refractivity contribution in [1.82, 2.24) is 9.80 Å². The molecular weight excluding hydrogens is 416 g/mol. The lowest BCUT2D eigenvalue weighted by atomic mass is 9.95. The summed E-state index contributed by atoms with van der Waals surface area (Å²) in [6, 6.07) is 12.2. The van der Waals surface area contributed by atoms with E-state index in [4.69, 9.17) is 9.47 Å². The molecule has 6 nitrogen and oxygen atoms in total. The normalized spacial score (nSPS) is 16.2. The Bertz CT molecular complexity index is 1050. The third kappa shape index (κ3) is 4.70. The molecular formula is C27H34N2O4. The van der Waals surface area contributed by atoms with E-state index in [-0.39, 0.29) is 29.4 Å². The van der Waals surface area contributed by atoms with Gasteiger partial charge in [0.25, 0.3) is 0 Å². The van der Waals surface area contributed by atoms with Gasteiger partial charge < -0.3 is 19.3 Å². The first kappa shape index (κ1) is 23.1. The van der Waals surface area contributed by atoms with E-state index in [9.17, 15) is 9.59 Å². The predicted molar refractivity (Wildman–Crippen MR) is 126 cm³/mol. The second-order valence-corrected chi connectivity index (χ2v) is 11.0. The molecule has 0 bridgehead atoms. The topological polar surface area (TPSA) is 59.1 Å². The fraction of sp³-hybridized carbons (Fsp3) is 0.481. The monoisotopic (exact) mass is 450 g/mol. The van der Waals surface area contributed by atoms with E-state index >= 15 is 0 Å². The number of carbonyl (C=O) groups is 2. The highest BCUT2D eigenvalue weighted by Crippen LogP contribution is 2.42. The molecule has 0 spiro atoms. The number of ether oxygens (including phenoxy) is 2. The van der Waals surface area contributed by atoms with Crippen molar-refractivity contribution in [3.8, 4) is 11.5 Å². The summed E-state index contributed by atoms with van der Waals surface area (Å²) in [6.07, 6.45) is 0. The highest BCUT2D eigenvalue weighted by atomic mass is 16.7. The van der Waals surface area contributed by atoms with Gasteiger partial charge in [-0.1, -0.05) is 71.9 Å². The number of hydrogen-bond acceptors (Lipinski definition) is 4. The van der Waals surface area contributed by atoms with Crippen LogP contribution in [0.15, 0.2) is 36.4 Å². The van der Waals surface area contributed by atoms with Crippen molar-refractivity contribution in [2.75, 3.05) is 6.79 Å². The summed E-state index contributed by atoms with van der Waals surface area (Å²) in [5.41, 5.74) is 4.22. The van der Waals surface area contributed by atoms with Crippen LogP contribution in [0.1, 0.15) is 63.8 Å². The maximum atomic E-state index is 12.3. The van der Waals surface area contributed by atoms with Crippen molar-refractivity contribution < 1.29 is 19.1 Å². The standard InChI is InChI=1S/C14H17NO3.C13H17NO/c1-14(2,3)13(16)15-6-9-4-5-11-12(10(9)7-15)18-8-17-11;1-13(2,3)12(15)14-8-10-6-4-5-7-11(10)9-14/h4-5H,6-8H2,1-3H3;4-7H,8-9H2,1-3H3. The van der Waals surface area contributed by atoms with Crippen LogP contribution in [0.25, 0.3) is 0 Å². The Balaban J connectivity index is 0.000000160. The van der Waals surface area contributed by atoms with Crippen molar-refractivity contribution in [2.24, 2.45) is 10.8 Å². The highest BCUT2D eigenvalue weighted by Gasteiger charge is 2.34. The first-order valence-corrected chi connectivity index (χ1v) is 11.5. The average molecular weight is 451 g/mol. The third-order valence-corrected chi connectivity index (χ3v) is 6.15. The minimum atomic E-state index is -0.345. The fourth-order valence-corrected chi connectivity index (χ4v) is 4.41. The van der Waals surface area contributed by atoms with Crippen LogP contribution in [-0.4, -0.2) is 28.4 Å². The highest BCUT2D eigenvalue weighted by molar-refractivity contribution is 5.83. The van der Waals surface area contributed by atoms with Gasteiger partial charge in [-0.15, -0.1) is 0 Å². The number of fused-ring (bicyclic) bond motifs is 4. The van der Waals surface area contributed by atoms with Gasteiger partial charge in [0, 0.05) is 36.0 Å². The Kier molecular flexibility index (Phi) is 5.89. The molecule has 3 aliphatic heterocycles. The molecule has 3 heterocycles. The van der Waals surface area contributed by atoms with E-state index in [0.29, 0.717) is 13.1 Å². The van der Waals surface area contributed by atoms with Crippen molar-refractivity contribution >= 4 is 11.8 Å². The summed E-state index contributed by atoms with van der Waals surface area (Å²) in [5, 5.41) is 0. The molecule has 6 heteroatoms. The lowest BCUT2D eigenvalue weighted by Crippen LogP contribution is -2.35. The molecule has 5 rings (SSSR count). The van der Waals surface area contributed by atoms with E-state index in [1.165, 1.54) is 11.1 Å². The molecule has 0 fully saturated rings. The van der Waals surface area contributed by atoms with Crippen LogP contribution in [0.5, 0.6) is 11.5 Å². The second kappa shape index (κ2) is 8.40. The van der Waals surface area contributed by atoms with Crippen LogP contribution in [-0.2, 0) is 35.8 Å². The number of benzene rings is 2. The molecule has 176 valence electrons. The smallest absolute Gasteiger partial charge is 0.231 e. The van der Waals surface area contributed by atoms with E-state index in [2.05, 4.69) is 12.1 Å². The molecule has 0 unspecified atom stereocenters. The Labute approximate surface area is 196 Å². The van der Waals surface area contributed by atoms with Gasteiger partial charge in [0.2, 0.25) is 18.6 Å². The van der Waals surface area contributed by atoms with Crippen molar-refractivity contribution in [2.45, 2.75) is 67.7 Å². The zero-order valence-corrected chi connectivity index (χ0v) is 20.5. The summed E-state index contributed by atoms with van der Waals surface area (Å²) in [4.78, 5) is 28.2. The third-order valence-electron chi connectivity index (χ3n) is 6.15. The van der Waals surface area contributed by atoms with Gasteiger partial charge in [-0.25, -0.2) is 0 Å². The van der Waals surface area contributed by atoms with E-state index in [1.54, 1.807) is 0 Å². The van der Waals surface area contributed by atoms with Crippen molar-refractivity contribution in [3.63, 3.8) is 0 Å². The largest absolute Gasteiger partial charge is 0.454 e. The molecule has 0 aromatic heterocycles. The quantitative estimate of drug-likeness (QED) is 0.574. The zero-order valence-electron chi connectivity index (χ0n) is 20.5. The van der Waals surface area contributed by atoms with Crippen LogP contribution < -0.4 is 9.47 Å². The first-order valence-electron chi connectivity index (χ1n) is 11.5. The number of hydrogen-bond donors (Lipinski definition) is 0. The molecule has 0 saturated carbocycles. The summed E-state index contributed by atoms with van der Waals surface area (Å²) < 4.78 is 10.9. The molecule has 2 aromatic carbocycles. The lowest BCUT2D eigenvalue weighted by Gasteiger charge is -2.25. The van der Waals surface area contributed by atoms with Crippen LogP contribution in [0.3, 0.4) is 0 Å². The maximum Gasteiger partial charge on any atom is 0.231 e. The second-order valence-electron chi connectivity index (χ2n) is 11.0. The minimum Gasteiger partial charge on any atom is -0.454 e. The number of rotatable bonds is 0. The lowest BCUT2D eigenvalue weighted by molar-refractivity contribution is -0.140. The Morgan fingerprint density at radius 2 is 1.21 bits per heavy atom. The average Bonchev–Trinajstić information content (AvgIpc) is 3.47. The molecule has 0 aliphatic carbocycles. The van der Waals surface area contributed by atoms with Gasteiger partial charge in [-0.05, 0) is 22.8 Å². The number of nitrogens with zero attached hydrogens (tertiary/aromatic N) is 2. The van der Waals surface area contributed by atoms with Gasteiger partial charge in [-0.3, -0.25) is 9.59 Å². The van der Waals surface area contributed by atoms with Gasteiger partial charge in [0.15, 0.2) is 11.5 Å². The van der Waals surface area contributed by atoms with Crippen molar-refractivity contribution in [3.05, 3.63) is 58.7 Å². The number of amides is 2. The van der Waals surface area contributed by atoms with E-state index < -0.39 is 0 Å². The maximum absolute atomic E-state index is 12.3. The van der Waals surface area contributed by atoms with Gasteiger partial charge in [0.1, 0.15) is 0 Å². The molecule has 33 heavy (non-hydrogen) atoms. The van der Waals surface area contributed by atoms with Gasteiger partial charge >= 0.3 is 0 Å². The molecule has 0 N–H and O–H groups in total. The van der Waals surface area contributed by atoms with Gasteiger partial charge in [0.05, 0.1) is 6.54 Å². The number of carbonyl (C=O) groups excluding carboxylic acids is 2. The van der Waals surface area contributed by atoms with Crippen LogP contribution in [0.2, 0.25) is 0 Å². The summed E-state index contributed by atoms with van der Waals surface area (Å²) in [7, 11) is 0. The molecule has 2 aromatic rings. The molecule has 0 radical (unpaired) electrons. The Morgan fingerprint density at radius 3 is 1.76 bits per heavy atom. The minimum absolute atomic E-state index is 0.173. The fourth-order valence-electron chi connectivity index (χ4n) is 4.41. The molecule has 2 amide bonds. The zero-order chi connectivity index (χ0) is 24.0. The summed E-state index contributed by atoms with van der Waals surface area (Å²) in [6.45, 7) is 14.9. The predicted octanol–water partition coefficient (Wildman–Crippen LogP) is 4.88. The molecule has 0 saturated heterocycles.